The maximum Gasteiger partial charge on any atom is 0.236 e. The Morgan fingerprint density at radius 1 is 1.12 bits per heavy atom. The van der Waals surface area contributed by atoms with Gasteiger partial charge in [0.15, 0.2) is 16.1 Å². The predicted octanol–water partition coefficient (Wildman–Crippen LogP) is 4.87. The monoisotopic (exact) mass is 465 g/mol. The lowest BCUT2D eigenvalue weighted by atomic mass is 10.1. The summed E-state index contributed by atoms with van der Waals surface area (Å²) >= 11 is 2.73. The van der Waals surface area contributed by atoms with Gasteiger partial charge >= 0.3 is 0 Å². The molecule has 0 saturated heterocycles. The van der Waals surface area contributed by atoms with Gasteiger partial charge in [-0.15, -0.1) is 21.5 Å². The minimum absolute atomic E-state index is 0.139. The van der Waals surface area contributed by atoms with E-state index in [-0.39, 0.29) is 11.7 Å². The van der Waals surface area contributed by atoms with Crippen LogP contribution < -0.4 is 10.1 Å². The summed E-state index contributed by atoms with van der Waals surface area (Å²) in [5.74, 6) is 1.57. The molecule has 164 valence electrons. The van der Waals surface area contributed by atoms with Crippen LogP contribution in [0.5, 0.6) is 5.75 Å². The van der Waals surface area contributed by atoms with Gasteiger partial charge in [0.05, 0.1) is 11.4 Å². The van der Waals surface area contributed by atoms with Crippen LogP contribution in [-0.4, -0.2) is 31.4 Å². The summed E-state index contributed by atoms with van der Waals surface area (Å²) in [5.41, 5.74) is 4.17. The number of carbonyl (C=O) groups excluding carboxylic acids is 1. The van der Waals surface area contributed by atoms with E-state index in [0.29, 0.717) is 22.7 Å². The predicted molar refractivity (Wildman–Crippen MR) is 128 cm³/mol. The van der Waals surface area contributed by atoms with Gasteiger partial charge in [0.2, 0.25) is 5.91 Å². The Labute approximate surface area is 194 Å². The fourth-order valence-electron chi connectivity index (χ4n) is 3.12. The summed E-state index contributed by atoms with van der Waals surface area (Å²) < 4.78 is 7.72. The molecule has 4 aromatic rings. The molecule has 4 rings (SSSR count). The van der Waals surface area contributed by atoms with Crippen molar-refractivity contribution in [1.29, 1.82) is 0 Å². The second-order valence-corrected chi connectivity index (χ2v) is 9.11. The molecule has 2 heterocycles. The topological polar surface area (TPSA) is 81.9 Å². The summed E-state index contributed by atoms with van der Waals surface area (Å²) in [6.07, 6.45) is 0. The number of thiazole rings is 1. The van der Waals surface area contributed by atoms with Gasteiger partial charge in [0.25, 0.3) is 0 Å². The van der Waals surface area contributed by atoms with E-state index in [9.17, 15) is 4.79 Å². The van der Waals surface area contributed by atoms with Crippen molar-refractivity contribution >= 4 is 34.1 Å². The number of hydrogen-bond acceptors (Lipinski definition) is 7. The van der Waals surface area contributed by atoms with E-state index in [4.69, 9.17) is 4.74 Å². The first-order valence-corrected chi connectivity index (χ1v) is 11.9. The number of amides is 1. The van der Waals surface area contributed by atoms with Crippen LogP contribution in [0.1, 0.15) is 17.0 Å². The molecule has 2 aromatic heterocycles. The van der Waals surface area contributed by atoms with E-state index in [1.54, 1.807) is 0 Å². The van der Waals surface area contributed by atoms with E-state index in [2.05, 4.69) is 26.6 Å². The van der Waals surface area contributed by atoms with Crippen LogP contribution in [0.25, 0.3) is 11.3 Å². The average molecular weight is 466 g/mol. The van der Waals surface area contributed by atoms with Crippen LogP contribution in [0.4, 0.5) is 5.13 Å². The normalized spacial score (nSPS) is 10.8. The Morgan fingerprint density at radius 3 is 2.62 bits per heavy atom. The first kappa shape index (κ1) is 22.0. The number of nitrogens with zero attached hydrogens (tertiary/aromatic N) is 4. The van der Waals surface area contributed by atoms with Crippen molar-refractivity contribution in [1.82, 2.24) is 19.7 Å². The zero-order valence-electron chi connectivity index (χ0n) is 18.0. The van der Waals surface area contributed by atoms with Gasteiger partial charge in [0.1, 0.15) is 12.4 Å². The van der Waals surface area contributed by atoms with Crippen LogP contribution in [0.3, 0.4) is 0 Å². The van der Waals surface area contributed by atoms with Crippen molar-refractivity contribution in [2.24, 2.45) is 7.05 Å². The third-order valence-electron chi connectivity index (χ3n) is 4.64. The van der Waals surface area contributed by atoms with Crippen LogP contribution in [-0.2, 0) is 18.4 Å². The highest BCUT2D eigenvalue weighted by molar-refractivity contribution is 7.99. The van der Waals surface area contributed by atoms with Crippen LogP contribution in [0.15, 0.2) is 59.1 Å². The Bertz CT molecular complexity index is 1200. The van der Waals surface area contributed by atoms with Crippen molar-refractivity contribution in [2.45, 2.75) is 25.6 Å². The number of carbonyl (C=O) groups is 1. The molecule has 0 radical (unpaired) electrons. The Balaban J connectivity index is 1.30. The highest BCUT2D eigenvalue weighted by Crippen LogP contribution is 2.25. The second kappa shape index (κ2) is 9.97. The molecular weight excluding hydrogens is 442 g/mol. The smallest absolute Gasteiger partial charge is 0.236 e. The number of thioether (sulfide) groups is 1. The van der Waals surface area contributed by atoms with E-state index in [1.165, 1.54) is 23.1 Å². The maximum absolute atomic E-state index is 12.4. The highest BCUT2D eigenvalue weighted by atomic mass is 32.2. The molecule has 0 spiro atoms. The molecule has 1 amide bonds. The lowest BCUT2D eigenvalue weighted by Gasteiger charge is -2.08. The minimum Gasteiger partial charge on any atom is -0.486 e. The van der Waals surface area contributed by atoms with Gasteiger partial charge in [-0.25, -0.2) is 4.98 Å². The van der Waals surface area contributed by atoms with Crippen molar-refractivity contribution in [3.8, 4) is 17.0 Å². The van der Waals surface area contributed by atoms with Crippen LogP contribution in [0, 0.1) is 13.8 Å². The van der Waals surface area contributed by atoms with Crippen molar-refractivity contribution < 1.29 is 9.53 Å². The zero-order chi connectivity index (χ0) is 22.5. The third kappa shape index (κ3) is 5.54. The number of aromatic nitrogens is 4. The van der Waals surface area contributed by atoms with Crippen molar-refractivity contribution in [2.75, 3.05) is 11.1 Å². The summed E-state index contributed by atoms with van der Waals surface area (Å²) in [6, 6.07) is 16.0. The van der Waals surface area contributed by atoms with Crippen molar-refractivity contribution in [3.63, 3.8) is 0 Å². The summed E-state index contributed by atoms with van der Waals surface area (Å²) in [6.45, 7) is 4.38. The second-order valence-electron chi connectivity index (χ2n) is 7.31. The number of rotatable bonds is 8. The molecule has 0 atom stereocenters. The first-order valence-electron chi connectivity index (χ1n) is 10.0. The largest absolute Gasteiger partial charge is 0.486 e. The summed E-state index contributed by atoms with van der Waals surface area (Å²) in [7, 11) is 1.87. The fourth-order valence-corrected chi connectivity index (χ4v) is 4.58. The number of nitrogens with one attached hydrogen (secondary N) is 1. The molecule has 0 bridgehead atoms. The molecule has 0 saturated carbocycles. The lowest BCUT2D eigenvalue weighted by molar-refractivity contribution is -0.113. The average Bonchev–Trinajstić information content (AvgIpc) is 3.37. The van der Waals surface area contributed by atoms with Gasteiger partial charge in [-0.1, -0.05) is 48.2 Å². The Morgan fingerprint density at radius 2 is 1.88 bits per heavy atom. The summed E-state index contributed by atoms with van der Waals surface area (Å²) in [4.78, 5) is 16.9. The van der Waals surface area contributed by atoms with E-state index in [0.717, 1.165) is 28.1 Å². The highest BCUT2D eigenvalue weighted by Gasteiger charge is 2.13. The lowest BCUT2D eigenvalue weighted by Crippen LogP contribution is -2.14. The number of benzene rings is 2. The Hall–Kier alpha value is -3.17. The van der Waals surface area contributed by atoms with Gasteiger partial charge in [-0.05, 0) is 37.1 Å². The van der Waals surface area contributed by atoms with Crippen LogP contribution in [0.2, 0.25) is 0 Å². The van der Waals surface area contributed by atoms with Gasteiger partial charge in [-0.3, -0.25) is 4.79 Å². The number of ether oxygens (including phenoxy) is 1. The van der Waals surface area contributed by atoms with Crippen molar-refractivity contribution in [3.05, 3.63) is 70.9 Å². The SMILES string of the molecule is Cc1cc(C)cc(OCc2nnc(SCC(=O)Nc3nc(-c4ccccc4)cs3)n2C)c1. The molecule has 0 fully saturated rings. The zero-order valence-corrected chi connectivity index (χ0v) is 19.7. The quantitative estimate of drug-likeness (QED) is 0.374. The van der Waals surface area contributed by atoms with Crippen LogP contribution >= 0.6 is 23.1 Å². The molecule has 7 nitrogen and oxygen atoms in total. The third-order valence-corrected chi connectivity index (χ3v) is 6.42. The first-order chi connectivity index (χ1) is 15.5. The number of anilines is 1. The molecular formula is C23H23N5O2S2. The van der Waals surface area contributed by atoms with E-state index < -0.39 is 0 Å². The number of aryl methyl sites for hydroxylation is 2. The molecule has 0 aliphatic rings. The Kier molecular flexibility index (Phi) is 6.87. The van der Waals surface area contributed by atoms with Gasteiger partial charge in [-0.2, -0.15) is 0 Å². The molecule has 0 aliphatic heterocycles. The molecule has 0 unspecified atom stereocenters. The van der Waals surface area contributed by atoms with Gasteiger partial charge in [0, 0.05) is 18.0 Å². The fraction of sp³-hybridized carbons (Fsp3) is 0.217. The molecule has 1 N–H and O–H groups in total. The molecule has 9 heteroatoms. The summed E-state index contributed by atoms with van der Waals surface area (Å²) in [5, 5.41) is 14.4. The van der Waals surface area contributed by atoms with Gasteiger partial charge < -0.3 is 14.6 Å². The molecule has 32 heavy (non-hydrogen) atoms. The standard InChI is InChI=1S/C23H23N5O2S2/c1-15-9-16(2)11-18(10-15)30-12-20-26-27-23(28(20)3)32-14-21(29)25-22-24-19(13-31-22)17-7-5-4-6-8-17/h4-11,13H,12,14H2,1-3H3,(H,24,25,29). The van der Waals surface area contributed by atoms with E-state index >= 15 is 0 Å². The van der Waals surface area contributed by atoms with E-state index in [1.807, 2.05) is 73.3 Å². The molecule has 2 aromatic carbocycles. The minimum atomic E-state index is -0.139. The maximum atomic E-state index is 12.4. The molecule has 0 aliphatic carbocycles. The number of hydrogen-bond donors (Lipinski definition) is 1.